The largest absolute Gasteiger partial charge is 0.343 e. The van der Waals surface area contributed by atoms with Crippen LogP contribution >= 0.6 is 23.2 Å². The Morgan fingerprint density at radius 2 is 1.83 bits per heavy atom. The van der Waals surface area contributed by atoms with Crippen LogP contribution in [0.2, 0.25) is 10.3 Å². The SMILES string of the molecule is C[14c]1n[14c](Cl)c([N+](=O)[O-])[14c](Cl)n1. The first-order chi connectivity index (χ1) is 5.52. The lowest BCUT2D eigenvalue weighted by atomic mass is 11.1. The molecular formula is C5H3Cl2N3O2. The maximum atomic E-state index is 10.3. The monoisotopic (exact) mass is 213 g/mol. The Bertz CT molecular complexity index is 318. The molecule has 12 heavy (non-hydrogen) atoms. The number of hydrogen-bond donors (Lipinski definition) is 0. The predicted octanol–water partition coefficient (Wildman–Crippen LogP) is 2.00. The van der Waals surface area contributed by atoms with Gasteiger partial charge in [0.25, 0.3) is 0 Å². The molecule has 7 heteroatoms. The molecule has 0 spiro atoms. The lowest BCUT2D eigenvalue weighted by Gasteiger charge is -1.96. The van der Waals surface area contributed by atoms with Crippen LogP contribution in [0.15, 0.2) is 0 Å². The molecule has 1 heterocycles. The van der Waals surface area contributed by atoms with E-state index in [1.54, 1.807) is 6.92 Å². The minimum atomic E-state index is -0.718. The summed E-state index contributed by atoms with van der Waals surface area (Å²) in [5.74, 6) is 0.301. The summed E-state index contributed by atoms with van der Waals surface area (Å²) >= 11 is 10.9. The van der Waals surface area contributed by atoms with E-state index in [1.807, 2.05) is 0 Å². The average Bonchev–Trinajstić information content (AvgIpc) is 1.82. The van der Waals surface area contributed by atoms with Crippen molar-refractivity contribution in [2.24, 2.45) is 0 Å². The summed E-state index contributed by atoms with van der Waals surface area (Å²) in [5, 5.41) is 9.83. The highest BCUT2D eigenvalue weighted by molar-refractivity contribution is 6.36. The summed E-state index contributed by atoms with van der Waals surface area (Å²) in [4.78, 5) is 16.8. The number of hydrogen-bond acceptors (Lipinski definition) is 4. The molecule has 1 aromatic rings. The van der Waals surface area contributed by atoms with Crippen molar-refractivity contribution in [2.75, 3.05) is 0 Å². The second kappa shape index (κ2) is 3.20. The van der Waals surface area contributed by atoms with Crippen LogP contribution in [0.25, 0.3) is 0 Å². The van der Waals surface area contributed by atoms with Crippen LogP contribution in [0.3, 0.4) is 0 Å². The minimum absolute atomic E-state index is 0.238. The summed E-state index contributed by atoms with van der Waals surface area (Å²) in [6, 6.07) is 0. The molecule has 0 fully saturated rings. The van der Waals surface area contributed by atoms with E-state index in [4.69, 9.17) is 23.2 Å². The second-order valence-electron chi connectivity index (χ2n) is 1.96. The van der Waals surface area contributed by atoms with Crippen molar-refractivity contribution in [3.8, 4) is 0 Å². The molecule has 0 radical (unpaired) electrons. The van der Waals surface area contributed by atoms with Crippen molar-refractivity contribution in [3.05, 3.63) is 26.2 Å². The summed E-state index contributed by atoms with van der Waals surface area (Å²) in [5.41, 5.74) is -0.455. The highest BCUT2D eigenvalue weighted by Gasteiger charge is 2.20. The topological polar surface area (TPSA) is 68.9 Å². The van der Waals surface area contributed by atoms with E-state index in [1.165, 1.54) is 0 Å². The van der Waals surface area contributed by atoms with Crippen molar-refractivity contribution < 1.29 is 4.92 Å². The molecule has 0 N–H and O–H groups in total. The summed E-state index contributed by atoms with van der Waals surface area (Å²) < 4.78 is 0. The van der Waals surface area contributed by atoms with Gasteiger partial charge < -0.3 is 0 Å². The molecule has 0 saturated carbocycles. The Morgan fingerprint density at radius 3 is 2.17 bits per heavy atom. The van der Waals surface area contributed by atoms with Crippen molar-refractivity contribution in [1.29, 1.82) is 0 Å². The van der Waals surface area contributed by atoms with E-state index in [9.17, 15) is 10.1 Å². The molecule has 0 aliphatic carbocycles. The highest BCUT2D eigenvalue weighted by atomic mass is 35.5. The number of aromatic nitrogens is 2. The van der Waals surface area contributed by atoms with Crippen molar-refractivity contribution in [2.45, 2.75) is 6.92 Å². The van der Waals surface area contributed by atoms with Crippen molar-refractivity contribution >= 4 is 28.9 Å². The predicted molar refractivity (Wildman–Crippen MR) is 43.4 cm³/mol. The highest BCUT2D eigenvalue weighted by Crippen LogP contribution is 2.28. The summed E-state index contributed by atoms with van der Waals surface area (Å²) in [6.45, 7) is 1.54. The van der Waals surface area contributed by atoms with Gasteiger partial charge in [0.05, 0.1) is 4.92 Å². The third-order valence-corrected chi connectivity index (χ3v) is 1.62. The molecule has 0 bridgehead atoms. The molecular weight excluding hydrogens is 211 g/mol. The number of rotatable bonds is 1. The van der Waals surface area contributed by atoms with Crippen molar-refractivity contribution in [3.63, 3.8) is 0 Å². The maximum absolute atomic E-state index is 10.3. The van der Waals surface area contributed by atoms with E-state index >= 15 is 0 Å². The van der Waals surface area contributed by atoms with E-state index in [2.05, 4.69) is 9.97 Å². The summed E-state index contributed by atoms with van der Waals surface area (Å²) in [6.07, 6.45) is 0. The van der Waals surface area contributed by atoms with Gasteiger partial charge in [-0.1, -0.05) is 23.2 Å². The molecule has 0 aliphatic heterocycles. The fraction of sp³-hybridized carbons (Fsp3) is 0.200. The quantitative estimate of drug-likeness (QED) is 0.407. The maximum Gasteiger partial charge on any atom is 0.343 e. The molecule has 0 unspecified atom stereocenters. The Kier molecular flexibility index (Phi) is 2.44. The second-order valence-corrected chi connectivity index (χ2v) is 2.67. The van der Waals surface area contributed by atoms with E-state index in [-0.39, 0.29) is 10.3 Å². The lowest BCUT2D eigenvalue weighted by Crippen LogP contribution is -1.97. The van der Waals surface area contributed by atoms with Gasteiger partial charge in [-0.15, -0.1) is 0 Å². The molecule has 5 nitrogen and oxygen atoms in total. The number of halogens is 2. The first-order valence-corrected chi connectivity index (χ1v) is 3.62. The van der Waals surface area contributed by atoms with Crippen LogP contribution in [0.4, 0.5) is 5.69 Å². The van der Waals surface area contributed by atoms with Crippen LogP contribution < -0.4 is 0 Å². The third-order valence-electron chi connectivity index (χ3n) is 1.09. The zero-order valence-corrected chi connectivity index (χ0v) is 7.43. The number of nitrogens with zero attached hydrogens (tertiary/aromatic N) is 3. The number of aryl methyl sites for hydroxylation is 1. The van der Waals surface area contributed by atoms with E-state index in [0.29, 0.717) is 5.82 Å². The van der Waals surface area contributed by atoms with Crippen LogP contribution in [0.5, 0.6) is 0 Å². The van der Waals surface area contributed by atoms with Gasteiger partial charge >= 0.3 is 5.69 Å². The van der Waals surface area contributed by atoms with E-state index < -0.39 is 10.6 Å². The third kappa shape index (κ3) is 1.62. The van der Waals surface area contributed by atoms with Gasteiger partial charge in [0.15, 0.2) is 0 Å². The van der Waals surface area contributed by atoms with E-state index in [0.717, 1.165) is 0 Å². The molecule has 0 amide bonds. The van der Waals surface area contributed by atoms with Gasteiger partial charge in [-0.2, -0.15) is 0 Å². The Hall–Kier alpha value is -0.940. The van der Waals surface area contributed by atoms with Gasteiger partial charge in [-0.25, -0.2) is 9.97 Å². The molecule has 0 aliphatic rings. The van der Waals surface area contributed by atoms with Gasteiger partial charge in [0, 0.05) is 0 Å². The normalized spacial score (nSPS) is 9.92. The molecule has 0 aromatic carbocycles. The summed E-state index contributed by atoms with van der Waals surface area (Å²) in [7, 11) is 0. The van der Waals surface area contributed by atoms with Crippen LogP contribution in [0.1, 0.15) is 5.82 Å². The molecule has 0 saturated heterocycles. The first-order valence-electron chi connectivity index (χ1n) is 2.86. The Balaban J connectivity index is 3.38. The van der Waals surface area contributed by atoms with Gasteiger partial charge in [0.2, 0.25) is 10.3 Å². The smallest absolute Gasteiger partial charge is 0.258 e. The van der Waals surface area contributed by atoms with Crippen molar-refractivity contribution in [1.82, 2.24) is 9.97 Å². The van der Waals surface area contributed by atoms with Crippen LogP contribution in [-0.2, 0) is 0 Å². The molecule has 1 aromatic heterocycles. The van der Waals surface area contributed by atoms with Crippen LogP contribution in [-0.4, -0.2) is 14.9 Å². The zero-order valence-electron chi connectivity index (χ0n) is 5.91. The van der Waals surface area contributed by atoms with Gasteiger partial charge in [0.1, 0.15) is 5.82 Å². The molecule has 0 atom stereocenters. The minimum Gasteiger partial charge on any atom is -0.258 e. The zero-order chi connectivity index (χ0) is 9.30. The van der Waals surface area contributed by atoms with Gasteiger partial charge in [-0.05, 0) is 6.92 Å². The molecule has 64 valence electrons. The van der Waals surface area contributed by atoms with Crippen LogP contribution in [0, 0.1) is 17.0 Å². The first kappa shape index (κ1) is 9.15. The Labute approximate surface area is 77.5 Å². The van der Waals surface area contributed by atoms with Gasteiger partial charge in [-0.3, -0.25) is 10.1 Å². The standard InChI is InChI=1S/C5H3Cl2N3O2/c1-2-8-4(6)3(10(11)12)5(7)9-2/h1H3/i2+2,4+2,5+2. The molecule has 1 rings (SSSR count). The Morgan fingerprint density at radius 1 is 1.42 bits per heavy atom. The number of nitro groups is 1. The fourth-order valence-electron chi connectivity index (χ4n) is 0.651. The average molecular weight is 214 g/mol. The fourth-order valence-corrected chi connectivity index (χ4v) is 1.26. The lowest BCUT2D eigenvalue weighted by molar-refractivity contribution is -0.385.